The van der Waals surface area contributed by atoms with Gasteiger partial charge >= 0.3 is 5.69 Å². The summed E-state index contributed by atoms with van der Waals surface area (Å²) >= 11 is 0. The van der Waals surface area contributed by atoms with Gasteiger partial charge in [-0.25, -0.2) is 14.2 Å². The summed E-state index contributed by atoms with van der Waals surface area (Å²) in [5.41, 5.74) is 3.57. The summed E-state index contributed by atoms with van der Waals surface area (Å²) in [6.45, 7) is 2.23. The maximum atomic E-state index is 13.6. The maximum Gasteiger partial charge on any atom is 0.328 e. The Kier molecular flexibility index (Phi) is 4.99. The average Bonchev–Trinajstić information content (AvgIpc) is 3.42. The molecule has 2 N–H and O–H groups in total. The molecule has 7 nitrogen and oxygen atoms in total. The van der Waals surface area contributed by atoms with Crippen LogP contribution in [0.3, 0.4) is 0 Å². The van der Waals surface area contributed by atoms with Gasteiger partial charge in [-0.15, -0.1) is 0 Å². The zero-order chi connectivity index (χ0) is 21.4. The van der Waals surface area contributed by atoms with E-state index in [4.69, 9.17) is 4.98 Å². The number of benzene rings is 2. The Morgan fingerprint density at radius 3 is 2.77 bits per heavy atom. The first kappa shape index (κ1) is 19.4. The Hall–Kier alpha value is -3.52. The number of aromatic nitrogens is 4. The highest BCUT2D eigenvalue weighted by Gasteiger charge is 2.22. The average molecular weight is 418 g/mol. The first-order chi connectivity index (χ1) is 15.1. The molecule has 1 saturated heterocycles. The van der Waals surface area contributed by atoms with Crippen LogP contribution < -0.4 is 15.9 Å². The molecular formula is C23H23FN6O. The van der Waals surface area contributed by atoms with Crippen molar-refractivity contribution in [3.05, 3.63) is 76.6 Å². The Bertz CT molecular complexity index is 1290. The van der Waals surface area contributed by atoms with Crippen molar-refractivity contribution in [1.82, 2.24) is 24.8 Å². The highest BCUT2D eigenvalue weighted by atomic mass is 19.1. The van der Waals surface area contributed by atoms with Gasteiger partial charge in [0.25, 0.3) is 0 Å². The molecule has 1 fully saturated rings. The van der Waals surface area contributed by atoms with E-state index < -0.39 is 0 Å². The fourth-order valence-corrected chi connectivity index (χ4v) is 4.09. The van der Waals surface area contributed by atoms with E-state index in [0.717, 1.165) is 36.2 Å². The van der Waals surface area contributed by atoms with Crippen LogP contribution in [0.2, 0.25) is 0 Å². The lowest BCUT2D eigenvalue weighted by molar-refractivity contribution is 0.628. The van der Waals surface area contributed by atoms with E-state index >= 15 is 0 Å². The number of anilines is 1. The second-order valence-corrected chi connectivity index (χ2v) is 7.89. The van der Waals surface area contributed by atoms with Crippen molar-refractivity contribution in [1.29, 1.82) is 0 Å². The van der Waals surface area contributed by atoms with Crippen LogP contribution in [0.15, 0.2) is 59.5 Å². The molecule has 5 rings (SSSR count). The molecule has 31 heavy (non-hydrogen) atoms. The number of imidazole rings is 1. The van der Waals surface area contributed by atoms with E-state index in [1.54, 1.807) is 16.8 Å². The van der Waals surface area contributed by atoms with Crippen LogP contribution in [-0.2, 0) is 6.54 Å². The molecule has 8 heteroatoms. The molecule has 0 amide bonds. The minimum atomic E-state index is -0.276. The lowest BCUT2D eigenvalue weighted by Gasteiger charge is -2.23. The van der Waals surface area contributed by atoms with Gasteiger partial charge in [-0.2, -0.15) is 4.98 Å². The Balaban J connectivity index is 1.49. The predicted molar refractivity (Wildman–Crippen MR) is 119 cm³/mol. The van der Waals surface area contributed by atoms with E-state index in [-0.39, 0.29) is 11.5 Å². The molecular weight excluding hydrogens is 395 g/mol. The van der Waals surface area contributed by atoms with Crippen molar-refractivity contribution in [2.45, 2.75) is 19.0 Å². The first-order valence-corrected chi connectivity index (χ1v) is 10.3. The number of rotatable bonds is 5. The standard InChI is InChI=1S/C23H23FN6O/c1-29(19-8-9-25-12-19)22-26-13-20-21(28-22)30(23(31)27-20)14-15-4-2-5-16(10-15)17-6-3-7-18(24)11-17/h2-7,10-11,13,19,25H,8-9,12,14H2,1H3,(H,27,31)/t19-/m1/s1. The molecule has 1 atom stereocenters. The van der Waals surface area contributed by atoms with Crippen molar-refractivity contribution < 1.29 is 4.39 Å². The number of nitrogens with zero attached hydrogens (tertiary/aromatic N) is 4. The molecule has 0 spiro atoms. The van der Waals surface area contributed by atoms with Gasteiger partial charge in [0.15, 0.2) is 5.65 Å². The lowest BCUT2D eigenvalue weighted by Crippen LogP contribution is -2.34. The van der Waals surface area contributed by atoms with Crippen LogP contribution in [-0.4, -0.2) is 45.7 Å². The highest BCUT2D eigenvalue weighted by molar-refractivity contribution is 5.71. The molecule has 2 aromatic heterocycles. The Morgan fingerprint density at radius 2 is 2.00 bits per heavy atom. The second kappa shape index (κ2) is 7.96. The van der Waals surface area contributed by atoms with Crippen LogP contribution in [0, 0.1) is 5.82 Å². The molecule has 0 aliphatic carbocycles. The van der Waals surface area contributed by atoms with Crippen molar-refractivity contribution in [2.75, 3.05) is 25.0 Å². The molecule has 4 aromatic rings. The molecule has 0 radical (unpaired) electrons. The predicted octanol–water partition coefficient (Wildman–Crippen LogP) is 2.77. The number of likely N-dealkylation sites (N-methyl/N-ethyl adjacent to an activating group) is 1. The summed E-state index contributed by atoms with van der Waals surface area (Å²) in [5.74, 6) is 0.323. The van der Waals surface area contributed by atoms with Crippen molar-refractivity contribution >= 4 is 17.1 Å². The topological polar surface area (TPSA) is 78.8 Å². The summed E-state index contributed by atoms with van der Waals surface area (Å²) in [6, 6.07) is 14.6. The molecule has 2 aromatic carbocycles. The molecule has 3 heterocycles. The summed E-state index contributed by atoms with van der Waals surface area (Å²) in [6.07, 6.45) is 2.70. The second-order valence-electron chi connectivity index (χ2n) is 7.89. The summed E-state index contributed by atoms with van der Waals surface area (Å²) < 4.78 is 15.2. The maximum absolute atomic E-state index is 13.6. The smallest absolute Gasteiger partial charge is 0.328 e. The van der Waals surface area contributed by atoms with Gasteiger partial charge in [0, 0.05) is 19.6 Å². The Labute approximate surface area is 178 Å². The molecule has 158 valence electrons. The number of hydrogen-bond acceptors (Lipinski definition) is 5. The van der Waals surface area contributed by atoms with Crippen molar-refractivity contribution in [2.24, 2.45) is 0 Å². The highest BCUT2D eigenvalue weighted by Crippen LogP contribution is 2.22. The van der Waals surface area contributed by atoms with Crippen LogP contribution in [0.25, 0.3) is 22.3 Å². The zero-order valence-electron chi connectivity index (χ0n) is 17.2. The molecule has 0 unspecified atom stereocenters. The van der Waals surface area contributed by atoms with Crippen molar-refractivity contribution in [3.8, 4) is 11.1 Å². The molecule has 0 bridgehead atoms. The van der Waals surface area contributed by atoms with Gasteiger partial charge in [0.05, 0.1) is 12.7 Å². The third kappa shape index (κ3) is 3.82. The fraction of sp³-hybridized carbons (Fsp3) is 0.261. The van der Waals surface area contributed by atoms with E-state index in [0.29, 0.717) is 29.7 Å². The largest absolute Gasteiger partial charge is 0.340 e. The summed E-state index contributed by atoms with van der Waals surface area (Å²) in [4.78, 5) is 26.7. The van der Waals surface area contributed by atoms with Gasteiger partial charge in [-0.05, 0) is 47.9 Å². The molecule has 1 aliphatic rings. The number of hydrogen-bond donors (Lipinski definition) is 2. The van der Waals surface area contributed by atoms with Crippen LogP contribution >= 0.6 is 0 Å². The van der Waals surface area contributed by atoms with Crippen molar-refractivity contribution in [3.63, 3.8) is 0 Å². The minimum Gasteiger partial charge on any atom is -0.340 e. The van der Waals surface area contributed by atoms with Gasteiger partial charge in [0.1, 0.15) is 11.3 Å². The molecule has 1 aliphatic heterocycles. The van der Waals surface area contributed by atoms with Crippen LogP contribution in [0.5, 0.6) is 0 Å². The van der Waals surface area contributed by atoms with E-state index in [2.05, 4.69) is 20.2 Å². The summed E-state index contributed by atoms with van der Waals surface area (Å²) in [7, 11) is 1.98. The quantitative estimate of drug-likeness (QED) is 0.521. The zero-order valence-corrected chi connectivity index (χ0v) is 17.2. The number of fused-ring (bicyclic) bond motifs is 1. The molecule has 0 saturated carbocycles. The lowest BCUT2D eigenvalue weighted by atomic mass is 10.0. The third-order valence-electron chi connectivity index (χ3n) is 5.82. The number of aromatic amines is 1. The van der Waals surface area contributed by atoms with E-state index in [1.165, 1.54) is 12.1 Å². The third-order valence-corrected chi connectivity index (χ3v) is 5.82. The van der Waals surface area contributed by atoms with E-state index in [9.17, 15) is 9.18 Å². The first-order valence-electron chi connectivity index (χ1n) is 10.3. The van der Waals surface area contributed by atoms with E-state index in [1.807, 2.05) is 37.4 Å². The van der Waals surface area contributed by atoms with Gasteiger partial charge in [-0.1, -0.05) is 30.3 Å². The SMILES string of the molecule is CN(c1ncc2[nH]c(=O)n(Cc3cccc(-c4cccc(F)c4)c3)c2n1)[C@@H]1CCNC1. The number of halogens is 1. The van der Waals surface area contributed by atoms with Gasteiger partial charge < -0.3 is 15.2 Å². The van der Waals surface area contributed by atoms with Gasteiger partial charge in [0.2, 0.25) is 5.95 Å². The minimum absolute atomic E-state index is 0.234. The fourth-order valence-electron chi connectivity index (χ4n) is 4.09. The monoisotopic (exact) mass is 418 g/mol. The summed E-state index contributed by atoms with van der Waals surface area (Å²) in [5, 5.41) is 3.35. The normalized spacial score (nSPS) is 16.1. The van der Waals surface area contributed by atoms with Crippen LogP contribution in [0.4, 0.5) is 10.3 Å². The van der Waals surface area contributed by atoms with Crippen LogP contribution in [0.1, 0.15) is 12.0 Å². The Morgan fingerprint density at radius 1 is 1.19 bits per heavy atom. The van der Waals surface area contributed by atoms with Gasteiger partial charge in [-0.3, -0.25) is 4.57 Å². The number of nitrogens with one attached hydrogen (secondary N) is 2. The number of H-pyrrole nitrogens is 1.